The highest BCUT2D eigenvalue weighted by Crippen LogP contribution is 2.63. The molecule has 4 heteroatoms. The highest BCUT2D eigenvalue weighted by Gasteiger charge is 2.57. The van der Waals surface area contributed by atoms with Gasteiger partial charge in [0, 0.05) is 18.9 Å². The summed E-state index contributed by atoms with van der Waals surface area (Å²) in [7, 11) is 0. The zero-order valence-electron chi connectivity index (χ0n) is 14.3. The average molecular weight is 345 g/mol. The van der Waals surface area contributed by atoms with Gasteiger partial charge in [-0.3, -0.25) is 4.79 Å². The Morgan fingerprint density at radius 3 is 2.73 bits per heavy atom. The van der Waals surface area contributed by atoms with Crippen molar-refractivity contribution in [1.29, 1.82) is 5.26 Å². The Kier molecular flexibility index (Phi) is 3.38. The molecule has 0 saturated heterocycles. The first kappa shape index (κ1) is 16.3. The lowest BCUT2D eigenvalue weighted by Gasteiger charge is -2.33. The molecule has 0 N–H and O–H groups in total. The fourth-order valence-electron chi connectivity index (χ4n) is 4.47. The van der Waals surface area contributed by atoms with Crippen LogP contribution in [0.5, 0.6) is 0 Å². The lowest BCUT2D eigenvalue weighted by atomic mass is 9.80. The van der Waals surface area contributed by atoms with E-state index < -0.39 is 23.3 Å². The Hall–Kier alpha value is -3.19. The summed E-state index contributed by atoms with van der Waals surface area (Å²) >= 11 is 0. The maximum Gasteiger partial charge on any atom is 0.303 e. The van der Waals surface area contributed by atoms with Crippen molar-refractivity contribution in [1.82, 2.24) is 0 Å². The Balaban J connectivity index is 2.01. The van der Waals surface area contributed by atoms with Crippen LogP contribution in [0.3, 0.4) is 0 Å². The first-order valence-corrected chi connectivity index (χ1v) is 8.28. The summed E-state index contributed by atoms with van der Waals surface area (Å²) in [5.41, 5.74) is 4.16. The van der Waals surface area contributed by atoms with Crippen molar-refractivity contribution in [3.05, 3.63) is 83.2 Å². The summed E-state index contributed by atoms with van der Waals surface area (Å²) in [6.07, 6.45) is 0.418. The minimum Gasteiger partial charge on any atom is -0.453 e. The van der Waals surface area contributed by atoms with Crippen LogP contribution in [0.2, 0.25) is 0 Å². The molecule has 0 radical (unpaired) electrons. The number of carbonyl (C=O) groups excluding carboxylic acids is 1. The van der Waals surface area contributed by atoms with Crippen LogP contribution in [0.25, 0.3) is 11.1 Å². The predicted octanol–water partition coefficient (Wildman–Crippen LogP) is 4.68. The highest BCUT2D eigenvalue weighted by molar-refractivity contribution is 5.90. The molecule has 0 heterocycles. The monoisotopic (exact) mass is 345 g/mol. The number of ether oxygens (including phenoxy) is 1. The molecule has 2 aliphatic carbocycles. The third-order valence-electron chi connectivity index (χ3n) is 5.21. The van der Waals surface area contributed by atoms with E-state index in [1.165, 1.54) is 19.1 Å². The summed E-state index contributed by atoms with van der Waals surface area (Å²) in [6, 6.07) is 12.0. The van der Waals surface area contributed by atoms with Crippen molar-refractivity contribution >= 4 is 17.1 Å². The van der Waals surface area contributed by atoms with E-state index in [1.54, 1.807) is 6.07 Å². The van der Waals surface area contributed by atoms with Gasteiger partial charge in [0.1, 0.15) is 5.82 Å². The van der Waals surface area contributed by atoms with E-state index in [4.69, 9.17) is 4.74 Å². The predicted molar refractivity (Wildman–Crippen MR) is 96.4 cm³/mol. The molecule has 128 valence electrons. The van der Waals surface area contributed by atoms with Gasteiger partial charge in [-0.15, -0.1) is 0 Å². The van der Waals surface area contributed by atoms with Crippen molar-refractivity contribution in [2.75, 3.05) is 0 Å². The Labute approximate surface area is 151 Å². The third-order valence-corrected chi connectivity index (χ3v) is 5.21. The standard InChI is InChI=1S/C22H16FNO2/c1-12-10-22(26-14(3)25)20(16-7-15(11-24)8-17(23)9-16)13(2)19-6-4-5-18(12)21(19)22/h4-9,20H,1-2,10H2,3H3. The van der Waals surface area contributed by atoms with E-state index in [2.05, 4.69) is 13.2 Å². The number of benzene rings is 2. The molecule has 2 aromatic carbocycles. The molecule has 0 saturated carbocycles. The number of carbonyl (C=O) groups is 1. The molecular weight excluding hydrogens is 329 g/mol. The van der Waals surface area contributed by atoms with E-state index in [0.29, 0.717) is 12.0 Å². The molecule has 0 fully saturated rings. The fourth-order valence-corrected chi connectivity index (χ4v) is 4.47. The lowest BCUT2D eigenvalue weighted by molar-refractivity contribution is -0.157. The van der Waals surface area contributed by atoms with Gasteiger partial charge < -0.3 is 4.74 Å². The van der Waals surface area contributed by atoms with E-state index in [-0.39, 0.29) is 5.56 Å². The SMILES string of the molecule is C=C1CC2(OC(C)=O)c3c1cccc3C(=C)C2c1cc(F)cc(C#N)c1. The molecule has 0 amide bonds. The quantitative estimate of drug-likeness (QED) is 0.742. The number of rotatable bonds is 2. The van der Waals surface area contributed by atoms with Crippen molar-refractivity contribution in [3.8, 4) is 6.07 Å². The Bertz CT molecular complexity index is 1040. The second-order valence-corrected chi connectivity index (χ2v) is 6.83. The van der Waals surface area contributed by atoms with Gasteiger partial charge in [-0.25, -0.2) is 4.39 Å². The zero-order valence-corrected chi connectivity index (χ0v) is 14.3. The number of hydrogen-bond donors (Lipinski definition) is 0. The topological polar surface area (TPSA) is 50.1 Å². The zero-order chi connectivity index (χ0) is 18.6. The molecule has 4 rings (SSSR count). The van der Waals surface area contributed by atoms with Crippen LogP contribution >= 0.6 is 0 Å². The van der Waals surface area contributed by atoms with Crippen molar-refractivity contribution in [2.45, 2.75) is 24.9 Å². The minimum atomic E-state index is -0.994. The molecule has 3 nitrogen and oxygen atoms in total. The smallest absolute Gasteiger partial charge is 0.303 e. The van der Waals surface area contributed by atoms with Crippen LogP contribution in [-0.4, -0.2) is 5.97 Å². The van der Waals surface area contributed by atoms with Gasteiger partial charge in [-0.1, -0.05) is 31.4 Å². The summed E-state index contributed by atoms with van der Waals surface area (Å²) in [6.45, 7) is 9.71. The van der Waals surface area contributed by atoms with Crippen LogP contribution in [-0.2, 0) is 15.1 Å². The van der Waals surface area contributed by atoms with Crippen LogP contribution in [0, 0.1) is 17.1 Å². The molecule has 26 heavy (non-hydrogen) atoms. The number of halogens is 1. The normalized spacial score (nSPS) is 22.9. The van der Waals surface area contributed by atoms with E-state index >= 15 is 0 Å². The average Bonchev–Trinajstić information content (AvgIpc) is 2.99. The fraction of sp³-hybridized carbons (Fsp3) is 0.182. The van der Waals surface area contributed by atoms with Crippen LogP contribution < -0.4 is 0 Å². The van der Waals surface area contributed by atoms with E-state index in [0.717, 1.165) is 27.8 Å². The number of hydrogen-bond acceptors (Lipinski definition) is 3. The van der Waals surface area contributed by atoms with E-state index in [9.17, 15) is 14.4 Å². The second kappa shape index (κ2) is 5.40. The van der Waals surface area contributed by atoms with Crippen molar-refractivity contribution in [2.24, 2.45) is 0 Å². The van der Waals surface area contributed by atoms with Gasteiger partial charge in [0.2, 0.25) is 0 Å². The summed E-state index contributed by atoms with van der Waals surface area (Å²) in [5.74, 6) is -1.39. The molecule has 2 aliphatic rings. The Morgan fingerprint density at radius 2 is 2.04 bits per heavy atom. The van der Waals surface area contributed by atoms with Gasteiger partial charge >= 0.3 is 5.97 Å². The van der Waals surface area contributed by atoms with Gasteiger partial charge in [0.05, 0.1) is 17.6 Å². The molecule has 0 spiro atoms. The minimum absolute atomic E-state index is 0.221. The molecule has 2 unspecified atom stereocenters. The molecule has 0 bridgehead atoms. The summed E-state index contributed by atoms with van der Waals surface area (Å²) in [5, 5.41) is 9.22. The maximum absolute atomic E-state index is 14.1. The Morgan fingerprint density at radius 1 is 1.31 bits per heavy atom. The molecule has 2 atom stereocenters. The second-order valence-electron chi connectivity index (χ2n) is 6.83. The first-order chi connectivity index (χ1) is 12.4. The number of nitriles is 1. The van der Waals surface area contributed by atoms with Gasteiger partial charge in [-0.2, -0.15) is 5.26 Å². The molecule has 0 aromatic heterocycles. The van der Waals surface area contributed by atoms with Crippen LogP contribution in [0.1, 0.15) is 47.1 Å². The number of esters is 1. The van der Waals surface area contributed by atoms with Crippen molar-refractivity contribution in [3.63, 3.8) is 0 Å². The third kappa shape index (κ3) is 2.07. The van der Waals surface area contributed by atoms with Gasteiger partial charge in [0.15, 0.2) is 5.60 Å². The lowest BCUT2D eigenvalue weighted by Crippen LogP contribution is -2.33. The molecule has 0 aliphatic heterocycles. The summed E-state index contributed by atoms with van der Waals surface area (Å²) < 4.78 is 20.0. The van der Waals surface area contributed by atoms with Crippen molar-refractivity contribution < 1.29 is 13.9 Å². The molecular formula is C22H16FNO2. The highest BCUT2D eigenvalue weighted by atomic mass is 19.1. The first-order valence-electron chi connectivity index (χ1n) is 8.28. The summed E-state index contributed by atoms with van der Waals surface area (Å²) in [4.78, 5) is 12.0. The largest absolute Gasteiger partial charge is 0.453 e. The number of nitrogens with zero attached hydrogens (tertiary/aromatic N) is 1. The van der Waals surface area contributed by atoms with Gasteiger partial charge in [0.25, 0.3) is 0 Å². The molecule has 2 aromatic rings. The van der Waals surface area contributed by atoms with Crippen LogP contribution in [0.15, 0.2) is 49.6 Å². The van der Waals surface area contributed by atoms with Gasteiger partial charge in [-0.05, 0) is 46.0 Å². The maximum atomic E-state index is 14.1. The van der Waals surface area contributed by atoms with Crippen LogP contribution in [0.4, 0.5) is 4.39 Å². The van der Waals surface area contributed by atoms with E-state index in [1.807, 2.05) is 24.3 Å².